The van der Waals surface area contributed by atoms with Gasteiger partial charge in [-0.25, -0.2) is 0 Å². The van der Waals surface area contributed by atoms with Crippen LogP contribution in [0.15, 0.2) is 47.1 Å². The molecule has 4 rings (SSSR count). The van der Waals surface area contributed by atoms with E-state index in [1.807, 2.05) is 6.07 Å². The lowest BCUT2D eigenvalue weighted by Crippen LogP contribution is -2.48. The van der Waals surface area contributed by atoms with Crippen molar-refractivity contribution in [2.75, 3.05) is 16.8 Å². The maximum absolute atomic E-state index is 12.6. The summed E-state index contributed by atoms with van der Waals surface area (Å²) in [4.78, 5) is 26.0. The zero-order valence-corrected chi connectivity index (χ0v) is 14.5. The number of aromatic nitrogens is 2. The number of furan rings is 1. The lowest BCUT2D eigenvalue weighted by molar-refractivity contribution is -0.123. The van der Waals surface area contributed by atoms with Gasteiger partial charge in [0.15, 0.2) is 16.9 Å². The van der Waals surface area contributed by atoms with Gasteiger partial charge >= 0.3 is 0 Å². The largest absolute Gasteiger partial charge is 0.476 e. The highest BCUT2D eigenvalue weighted by molar-refractivity contribution is 7.18. The number of hydrogen-bond acceptors (Lipinski definition) is 7. The van der Waals surface area contributed by atoms with Gasteiger partial charge in [0.1, 0.15) is 5.75 Å². The Morgan fingerprint density at radius 2 is 2.08 bits per heavy atom. The van der Waals surface area contributed by atoms with Crippen LogP contribution in [0.25, 0.3) is 10.8 Å². The molecule has 3 aromatic rings. The fraction of sp³-hybridized carbons (Fsp3) is 0.176. The summed E-state index contributed by atoms with van der Waals surface area (Å²) in [5.41, 5.74) is 0.653. The topological polar surface area (TPSA) is 97.6 Å². The van der Waals surface area contributed by atoms with Crippen LogP contribution in [0.2, 0.25) is 0 Å². The quantitative estimate of drug-likeness (QED) is 0.761. The molecule has 1 aromatic carbocycles. The monoisotopic (exact) mass is 370 g/mol. The number of anilines is 2. The first-order chi connectivity index (χ1) is 12.6. The molecule has 1 aliphatic rings. The van der Waals surface area contributed by atoms with Gasteiger partial charge < -0.3 is 14.1 Å². The van der Waals surface area contributed by atoms with Crippen LogP contribution >= 0.6 is 11.3 Å². The summed E-state index contributed by atoms with van der Waals surface area (Å²) in [6.45, 7) is 1.58. The molecule has 0 aliphatic carbocycles. The average molecular weight is 370 g/mol. The van der Waals surface area contributed by atoms with Gasteiger partial charge in [-0.1, -0.05) is 23.5 Å². The van der Waals surface area contributed by atoms with Gasteiger partial charge in [-0.15, -0.1) is 10.2 Å². The molecule has 0 spiro atoms. The summed E-state index contributed by atoms with van der Waals surface area (Å²) in [5.74, 6) is 0.513. The Labute approximate surface area is 152 Å². The van der Waals surface area contributed by atoms with E-state index < -0.39 is 12.0 Å². The molecular weight excluding hydrogens is 356 g/mol. The summed E-state index contributed by atoms with van der Waals surface area (Å²) < 4.78 is 11.0. The first kappa shape index (κ1) is 16.3. The minimum absolute atomic E-state index is 0.127. The molecule has 0 unspecified atom stereocenters. The van der Waals surface area contributed by atoms with Crippen LogP contribution in [0.5, 0.6) is 5.75 Å². The van der Waals surface area contributed by atoms with Crippen LogP contribution < -0.4 is 15.0 Å². The fourth-order valence-electron chi connectivity index (χ4n) is 2.63. The Morgan fingerprint density at radius 1 is 1.23 bits per heavy atom. The highest BCUT2D eigenvalue weighted by Gasteiger charge is 2.33. The maximum Gasteiger partial charge on any atom is 0.269 e. The molecule has 1 atom stereocenters. The third-order valence-corrected chi connectivity index (χ3v) is 4.69. The second kappa shape index (κ2) is 6.60. The summed E-state index contributed by atoms with van der Waals surface area (Å²) in [7, 11) is 0. The van der Waals surface area contributed by atoms with E-state index >= 15 is 0 Å². The number of ether oxygens (including phenoxy) is 1. The molecular formula is C17H14N4O4S. The number of nitrogens with one attached hydrogen (secondary N) is 1. The smallest absolute Gasteiger partial charge is 0.269 e. The molecule has 9 heteroatoms. The zero-order valence-electron chi connectivity index (χ0n) is 13.7. The molecule has 1 N–H and O–H groups in total. The Kier molecular flexibility index (Phi) is 4.13. The summed E-state index contributed by atoms with van der Waals surface area (Å²) in [5, 5.41) is 11.5. The van der Waals surface area contributed by atoms with Crippen molar-refractivity contribution in [3.63, 3.8) is 0 Å². The molecule has 1 aliphatic heterocycles. The van der Waals surface area contributed by atoms with Crippen LogP contribution in [-0.2, 0) is 9.59 Å². The number of para-hydroxylation sites is 2. The minimum atomic E-state index is -0.843. The van der Waals surface area contributed by atoms with Crippen molar-refractivity contribution >= 4 is 34.0 Å². The van der Waals surface area contributed by atoms with Gasteiger partial charge in [-0.05, 0) is 24.3 Å². The van der Waals surface area contributed by atoms with Crippen LogP contribution in [0.1, 0.15) is 6.92 Å². The van der Waals surface area contributed by atoms with Gasteiger partial charge in [0.05, 0.1) is 18.5 Å². The second-order valence-corrected chi connectivity index (χ2v) is 6.56. The zero-order chi connectivity index (χ0) is 18.1. The number of hydrogen-bond donors (Lipinski definition) is 1. The Balaban J connectivity index is 1.51. The van der Waals surface area contributed by atoms with Gasteiger partial charge in [0, 0.05) is 6.92 Å². The van der Waals surface area contributed by atoms with Crippen molar-refractivity contribution in [3.8, 4) is 16.5 Å². The van der Waals surface area contributed by atoms with E-state index in [0.717, 1.165) is 0 Å². The second-order valence-electron chi connectivity index (χ2n) is 5.58. The Morgan fingerprint density at radius 3 is 2.85 bits per heavy atom. The standard InChI is InChI=1S/C17H14N4O4S/c1-10(22)21-9-14(25-12-6-3-2-5-11(12)21)15(23)18-17-20-19-16(26-17)13-7-4-8-24-13/h2-8,14H,9H2,1H3,(H,18,20,23)/t14-/m0/s1. The molecule has 0 fully saturated rings. The first-order valence-electron chi connectivity index (χ1n) is 7.84. The summed E-state index contributed by atoms with van der Waals surface area (Å²) in [6, 6.07) is 10.6. The van der Waals surface area contributed by atoms with E-state index in [0.29, 0.717) is 27.3 Å². The van der Waals surface area contributed by atoms with Crippen molar-refractivity contribution in [1.82, 2.24) is 10.2 Å². The number of fused-ring (bicyclic) bond motifs is 1. The SMILES string of the molecule is CC(=O)N1C[C@@H](C(=O)Nc2nnc(-c3ccco3)s2)Oc2ccccc21. The number of amides is 2. The molecule has 0 saturated carbocycles. The Bertz CT molecular complexity index is 953. The van der Waals surface area contributed by atoms with Crippen molar-refractivity contribution in [2.24, 2.45) is 0 Å². The molecule has 0 radical (unpaired) electrons. The van der Waals surface area contributed by atoms with Crippen LogP contribution in [0.3, 0.4) is 0 Å². The fourth-order valence-corrected chi connectivity index (χ4v) is 3.34. The van der Waals surface area contributed by atoms with Crippen molar-refractivity contribution < 1.29 is 18.7 Å². The lowest BCUT2D eigenvalue weighted by atomic mass is 10.2. The van der Waals surface area contributed by atoms with E-state index in [1.54, 1.807) is 36.6 Å². The molecule has 0 saturated heterocycles. The number of rotatable bonds is 3. The molecule has 26 heavy (non-hydrogen) atoms. The van der Waals surface area contributed by atoms with Crippen molar-refractivity contribution in [3.05, 3.63) is 42.7 Å². The first-order valence-corrected chi connectivity index (χ1v) is 8.65. The van der Waals surface area contributed by atoms with Crippen molar-refractivity contribution in [2.45, 2.75) is 13.0 Å². The van der Waals surface area contributed by atoms with E-state index in [2.05, 4.69) is 15.5 Å². The van der Waals surface area contributed by atoms with E-state index in [1.165, 1.54) is 23.2 Å². The Hall–Kier alpha value is -3.20. The predicted octanol–water partition coefficient (Wildman–Crippen LogP) is 2.55. The van der Waals surface area contributed by atoms with Gasteiger partial charge in [0.25, 0.3) is 5.91 Å². The molecule has 0 bridgehead atoms. The highest BCUT2D eigenvalue weighted by atomic mass is 32.1. The number of carbonyl (C=O) groups is 2. The molecule has 2 amide bonds. The summed E-state index contributed by atoms with van der Waals surface area (Å²) >= 11 is 1.19. The van der Waals surface area contributed by atoms with Crippen LogP contribution in [-0.4, -0.2) is 34.7 Å². The van der Waals surface area contributed by atoms with Crippen LogP contribution in [0, 0.1) is 0 Å². The van der Waals surface area contributed by atoms with E-state index in [9.17, 15) is 9.59 Å². The minimum Gasteiger partial charge on any atom is -0.476 e. The highest BCUT2D eigenvalue weighted by Crippen LogP contribution is 2.33. The van der Waals surface area contributed by atoms with E-state index in [-0.39, 0.29) is 12.5 Å². The molecule has 2 aromatic heterocycles. The average Bonchev–Trinajstić information content (AvgIpc) is 3.32. The third-order valence-electron chi connectivity index (χ3n) is 3.83. The van der Waals surface area contributed by atoms with Gasteiger partial charge in [-0.3, -0.25) is 14.9 Å². The molecule has 132 valence electrons. The third kappa shape index (κ3) is 3.04. The number of carbonyl (C=O) groups excluding carboxylic acids is 2. The normalized spacial score (nSPS) is 15.9. The lowest BCUT2D eigenvalue weighted by Gasteiger charge is -2.33. The molecule has 3 heterocycles. The van der Waals surface area contributed by atoms with Gasteiger partial charge in [-0.2, -0.15) is 0 Å². The maximum atomic E-state index is 12.6. The van der Waals surface area contributed by atoms with Crippen molar-refractivity contribution in [1.29, 1.82) is 0 Å². The van der Waals surface area contributed by atoms with E-state index in [4.69, 9.17) is 9.15 Å². The van der Waals surface area contributed by atoms with Gasteiger partial charge in [0.2, 0.25) is 11.0 Å². The molecule has 8 nitrogen and oxygen atoms in total. The number of benzene rings is 1. The summed E-state index contributed by atoms with van der Waals surface area (Å²) in [6.07, 6.45) is 0.698. The number of nitrogens with zero attached hydrogens (tertiary/aromatic N) is 3. The van der Waals surface area contributed by atoms with Crippen LogP contribution in [0.4, 0.5) is 10.8 Å². The predicted molar refractivity (Wildman–Crippen MR) is 95.1 cm³/mol.